The van der Waals surface area contributed by atoms with E-state index in [2.05, 4.69) is 0 Å². The highest BCUT2D eigenvalue weighted by Gasteiger charge is 2.34. The summed E-state index contributed by atoms with van der Waals surface area (Å²) < 4.78 is 10.8. The van der Waals surface area contributed by atoms with Gasteiger partial charge in [0.25, 0.3) is 0 Å². The Morgan fingerprint density at radius 2 is 2.00 bits per heavy atom. The van der Waals surface area contributed by atoms with Crippen LogP contribution in [0.5, 0.6) is 11.5 Å². The van der Waals surface area contributed by atoms with Gasteiger partial charge in [0.15, 0.2) is 0 Å². The number of likely N-dealkylation sites (tertiary alicyclic amines) is 1. The van der Waals surface area contributed by atoms with E-state index >= 15 is 0 Å². The SMILES string of the molecule is COc1ccc([C@@H]2CCCN2C(=O)CN2C(=O)CSc3ccccc32)c(OC)c1. The molecule has 0 saturated carbocycles. The molecule has 2 heterocycles. The van der Waals surface area contributed by atoms with Crippen LogP contribution in [0.15, 0.2) is 47.4 Å². The molecule has 2 amide bonds. The van der Waals surface area contributed by atoms with Gasteiger partial charge in [-0.2, -0.15) is 0 Å². The number of carbonyl (C=O) groups is 2. The Morgan fingerprint density at radius 1 is 1.17 bits per heavy atom. The fourth-order valence-electron chi connectivity index (χ4n) is 4.04. The van der Waals surface area contributed by atoms with Crippen LogP contribution in [0.4, 0.5) is 5.69 Å². The largest absolute Gasteiger partial charge is 0.497 e. The minimum absolute atomic E-state index is 0.0279. The number of para-hydroxylation sites is 1. The highest BCUT2D eigenvalue weighted by atomic mass is 32.2. The molecular formula is C22H24N2O4S. The van der Waals surface area contributed by atoms with E-state index in [-0.39, 0.29) is 24.4 Å². The van der Waals surface area contributed by atoms with E-state index in [1.54, 1.807) is 19.1 Å². The van der Waals surface area contributed by atoms with Gasteiger partial charge >= 0.3 is 0 Å². The molecule has 7 heteroatoms. The number of ether oxygens (including phenoxy) is 2. The molecule has 0 unspecified atom stereocenters. The van der Waals surface area contributed by atoms with E-state index in [9.17, 15) is 9.59 Å². The van der Waals surface area contributed by atoms with Gasteiger partial charge in [-0.05, 0) is 37.1 Å². The van der Waals surface area contributed by atoms with Crippen molar-refractivity contribution in [3.63, 3.8) is 0 Å². The van der Waals surface area contributed by atoms with Crippen molar-refractivity contribution in [2.75, 3.05) is 38.0 Å². The summed E-state index contributed by atoms with van der Waals surface area (Å²) in [5.74, 6) is 1.72. The lowest BCUT2D eigenvalue weighted by Crippen LogP contribution is -2.44. The van der Waals surface area contributed by atoms with E-state index in [1.807, 2.05) is 47.4 Å². The molecule has 2 aromatic rings. The summed E-state index contributed by atoms with van der Waals surface area (Å²) in [4.78, 5) is 30.3. The van der Waals surface area contributed by atoms with Crippen LogP contribution in [0.3, 0.4) is 0 Å². The molecule has 2 aromatic carbocycles. The maximum atomic E-state index is 13.2. The van der Waals surface area contributed by atoms with Crippen LogP contribution in [0.2, 0.25) is 0 Å². The number of nitrogens with zero attached hydrogens (tertiary/aromatic N) is 2. The number of benzene rings is 2. The quantitative estimate of drug-likeness (QED) is 0.752. The number of methoxy groups -OCH3 is 2. The van der Waals surface area contributed by atoms with Crippen molar-refractivity contribution in [1.29, 1.82) is 0 Å². The summed E-state index contributed by atoms with van der Waals surface area (Å²) in [6.45, 7) is 0.739. The molecule has 0 bridgehead atoms. The second-order valence-corrected chi connectivity index (χ2v) is 8.11. The lowest BCUT2D eigenvalue weighted by molar-refractivity contribution is -0.132. The Bertz CT molecular complexity index is 933. The first kappa shape index (κ1) is 19.6. The summed E-state index contributed by atoms with van der Waals surface area (Å²) in [5, 5.41) is 0. The van der Waals surface area contributed by atoms with Crippen LogP contribution in [-0.4, -0.2) is 49.8 Å². The molecule has 152 valence electrons. The van der Waals surface area contributed by atoms with Gasteiger partial charge in [0.2, 0.25) is 11.8 Å². The summed E-state index contributed by atoms with van der Waals surface area (Å²) in [6, 6.07) is 13.4. The average Bonchev–Trinajstić information content (AvgIpc) is 3.25. The van der Waals surface area contributed by atoms with Gasteiger partial charge in [-0.3, -0.25) is 9.59 Å². The molecule has 0 spiro atoms. The molecule has 6 nitrogen and oxygen atoms in total. The third-order valence-corrected chi connectivity index (χ3v) is 6.52. The lowest BCUT2D eigenvalue weighted by atomic mass is 10.0. The summed E-state index contributed by atoms with van der Waals surface area (Å²) in [6.07, 6.45) is 1.79. The third-order valence-electron chi connectivity index (χ3n) is 5.47. The monoisotopic (exact) mass is 412 g/mol. The maximum absolute atomic E-state index is 13.2. The van der Waals surface area contributed by atoms with E-state index in [0.717, 1.165) is 34.7 Å². The second kappa shape index (κ2) is 8.37. The standard InChI is InChI=1S/C22H24N2O4S/c1-27-15-9-10-16(19(12-15)28-2)17-7-5-11-23(17)21(25)13-24-18-6-3-4-8-20(18)29-14-22(24)26/h3-4,6,8-10,12,17H,5,7,11,13-14H2,1-2H3/t17-/m0/s1. The fraction of sp³-hybridized carbons (Fsp3) is 0.364. The van der Waals surface area contributed by atoms with Gasteiger partial charge in [0.1, 0.15) is 18.0 Å². The van der Waals surface area contributed by atoms with Gasteiger partial charge in [-0.25, -0.2) is 0 Å². The van der Waals surface area contributed by atoms with Crippen LogP contribution in [0.1, 0.15) is 24.4 Å². The third kappa shape index (κ3) is 3.79. The topological polar surface area (TPSA) is 59.1 Å². The van der Waals surface area contributed by atoms with Gasteiger partial charge in [0, 0.05) is 23.1 Å². The first-order valence-electron chi connectivity index (χ1n) is 9.66. The number of hydrogen-bond acceptors (Lipinski definition) is 5. The summed E-state index contributed by atoms with van der Waals surface area (Å²) in [7, 11) is 3.24. The zero-order valence-electron chi connectivity index (χ0n) is 16.6. The summed E-state index contributed by atoms with van der Waals surface area (Å²) >= 11 is 1.52. The average molecular weight is 413 g/mol. The summed E-state index contributed by atoms with van der Waals surface area (Å²) in [5.41, 5.74) is 1.79. The molecule has 2 aliphatic rings. The fourth-order valence-corrected chi connectivity index (χ4v) is 4.97. The molecule has 0 aromatic heterocycles. The Labute approximate surface area is 174 Å². The minimum atomic E-state index is -0.0622. The molecule has 0 N–H and O–H groups in total. The van der Waals surface area contributed by atoms with Crippen LogP contribution >= 0.6 is 11.8 Å². The number of rotatable bonds is 5. The van der Waals surface area contributed by atoms with Crippen molar-refractivity contribution in [3.8, 4) is 11.5 Å². The van der Waals surface area contributed by atoms with E-state index in [0.29, 0.717) is 18.0 Å². The highest BCUT2D eigenvalue weighted by Crippen LogP contribution is 2.39. The Hall–Kier alpha value is -2.67. The molecule has 29 heavy (non-hydrogen) atoms. The predicted molar refractivity (Wildman–Crippen MR) is 113 cm³/mol. The van der Waals surface area contributed by atoms with Crippen molar-refractivity contribution in [2.24, 2.45) is 0 Å². The normalized spacial score (nSPS) is 18.6. The first-order valence-corrected chi connectivity index (χ1v) is 10.6. The Morgan fingerprint density at radius 3 is 2.79 bits per heavy atom. The smallest absolute Gasteiger partial charge is 0.243 e. The predicted octanol–water partition coefficient (Wildman–Crippen LogP) is 3.51. The molecule has 0 radical (unpaired) electrons. The Balaban J connectivity index is 1.57. The number of amides is 2. The van der Waals surface area contributed by atoms with Crippen LogP contribution in [0, 0.1) is 0 Å². The molecular weight excluding hydrogens is 388 g/mol. The van der Waals surface area contributed by atoms with Crippen LogP contribution in [0.25, 0.3) is 0 Å². The van der Waals surface area contributed by atoms with Crippen molar-refractivity contribution in [1.82, 2.24) is 4.90 Å². The zero-order valence-corrected chi connectivity index (χ0v) is 17.4. The van der Waals surface area contributed by atoms with E-state index in [4.69, 9.17) is 9.47 Å². The second-order valence-electron chi connectivity index (χ2n) is 7.09. The molecule has 1 atom stereocenters. The van der Waals surface area contributed by atoms with Crippen molar-refractivity contribution in [2.45, 2.75) is 23.8 Å². The molecule has 1 fully saturated rings. The lowest BCUT2D eigenvalue weighted by Gasteiger charge is -2.32. The Kier molecular flexibility index (Phi) is 5.67. The van der Waals surface area contributed by atoms with E-state index < -0.39 is 0 Å². The van der Waals surface area contributed by atoms with Crippen molar-refractivity contribution in [3.05, 3.63) is 48.0 Å². The zero-order chi connectivity index (χ0) is 20.4. The number of thioether (sulfide) groups is 1. The number of hydrogen-bond donors (Lipinski definition) is 0. The number of fused-ring (bicyclic) bond motifs is 1. The molecule has 0 aliphatic carbocycles. The first-order chi connectivity index (χ1) is 14.1. The highest BCUT2D eigenvalue weighted by molar-refractivity contribution is 8.00. The molecule has 1 saturated heterocycles. The van der Waals surface area contributed by atoms with Gasteiger partial charge in [-0.1, -0.05) is 12.1 Å². The number of carbonyl (C=O) groups excluding carboxylic acids is 2. The minimum Gasteiger partial charge on any atom is -0.497 e. The van der Waals surface area contributed by atoms with Crippen LogP contribution < -0.4 is 14.4 Å². The maximum Gasteiger partial charge on any atom is 0.243 e. The van der Waals surface area contributed by atoms with Gasteiger partial charge in [0.05, 0.1) is 31.7 Å². The van der Waals surface area contributed by atoms with Gasteiger partial charge < -0.3 is 19.3 Å². The van der Waals surface area contributed by atoms with E-state index in [1.165, 1.54) is 11.8 Å². The van der Waals surface area contributed by atoms with Crippen LogP contribution in [-0.2, 0) is 9.59 Å². The number of anilines is 1. The molecule has 4 rings (SSSR count). The van der Waals surface area contributed by atoms with Gasteiger partial charge in [-0.15, -0.1) is 11.8 Å². The van der Waals surface area contributed by atoms with Crippen molar-refractivity contribution >= 4 is 29.3 Å². The molecule has 2 aliphatic heterocycles. The van der Waals surface area contributed by atoms with Crippen molar-refractivity contribution < 1.29 is 19.1 Å².